The second kappa shape index (κ2) is 8.36. The van der Waals surface area contributed by atoms with Crippen LogP contribution in [-0.2, 0) is 15.8 Å². The first-order valence-corrected chi connectivity index (χ1v) is 14.4. The molecule has 5 nitrogen and oxygen atoms in total. The summed E-state index contributed by atoms with van der Waals surface area (Å²) >= 11 is 15.7. The number of thioether (sulfide) groups is 1. The minimum absolute atomic E-state index is 0.0582. The van der Waals surface area contributed by atoms with Gasteiger partial charge in [-0.3, -0.25) is 19.3 Å². The fourth-order valence-corrected chi connectivity index (χ4v) is 10.5. The van der Waals surface area contributed by atoms with Gasteiger partial charge in [-0.1, -0.05) is 52.7 Å². The van der Waals surface area contributed by atoms with Crippen LogP contribution in [0.4, 0.5) is 18.9 Å². The topological polar surface area (TPSA) is 70.2 Å². The molecular weight excluding hydrogens is 580 g/mol. The minimum atomic E-state index is -4.60. The van der Waals surface area contributed by atoms with E-state index in [1.165, 1.54) is 23.9 Å². The molecule has 3 heterocycles. The van der Waals surface area contributed by atoms with Crippen molar-refractivity contribution in [3.8, 4) is 0 Å². The Morgan fingerprint density at radius 3 is 2.42 bits per heavy atom. The zero-order chi connectivity index (χ0) is 26.7. The quantitative estimate of drug-likeness (QED) is 0.346. The Hall–Kier alpha value is -2.27. The van der Waals surface area contributed by atoms with Gasteiger partial charge in [0, 0.05) is 16.0 Å². The molecule has 7 rings (SSSR count). The zero-order valence-corrected chi connectivity index (χ0v) is 22.3. The summed E-state index contributed by atoms with van der Waals surface area (Å²) in [4.78, 5) is 44.3. The Morgan fingerprint density at radius 1 is 0.974 bits per heavy atom. The van der Waals surface area contributed by atoms with Gasteiger partial charge in [0.15, 0.2) is 0 Å². The number of hydrogen-bond acceptors (Lipinski definition) is 5. The van der Waals surface area contributed by atoms with Crippen molar-refractivity contribution in [3.63, 3.8) is 0 Å². The molecular formula is C26H17Cl2F3N2O3S2. The lowest BCUT2D eigenvalue weighted by Crippen LogP contribution is -2.42. The number of halogens is 5. The SMILES string of the molecule is O=C1C2C3CC(C2C(=O)N1c1cccc(C(F)(F)F)c1)C1C3Sc2[nH]c(=O)sc2[C@@H]1c1cccc(Cl)c1Cl. The lowest BCUT2D eigenvalue weighted by molar-refractivity contribution is -0.137. The van der Waals surface area contributed by atoms with Gasteiger partial charge in [-0.15, -0.1) is 11.8 Å². The molecule has 1 N–H and O–H groups in total. The third kappa shape index (κ3) is 3.36. The number of thiazole rings is 1. The van der Waals surface area contributed by atoms with Crippen LogP contribution < -0.4 is 9.77 Å². The Kier molecular flexibility index (Phi) is 5.45. The number of nitrogens with zero attached hydrogens (tertiary/aromatic N) is 1. The summed E-state index contributed by atoms with van der Waals surface area (Å²) in [6.45, 7) is 0. The maximum Gasteiger partial charge on any atom is 0.416 e. The summed E-state index contributed by atoms with van der Waals surface area (Å²) in [5.41, 5.74) is -0.206. The molecule has 7 atom stereocenters. The Bertz CT molecular complexity index is 1590. The van der Waals surface area contributed by atoms with E-state index in [-0.39, 0.29) is 39.5 Å². The van der Waals surface area contributed by atoms with Crippen LogP contribution in [-0.4, -0.2) is 22.0 Å². The fourth-order valence-electron chi connectivity index (χ4n) is 7.20. The van der Waals surface area contributed by atoms with Crippen molar-refractivity contribution in [2.45, 2.75) is 28.8 Å². The van der Waals surface area contributed by atoms with E-state index >= 15 is 0 Å². The van der Waals surface area contributed by atoms with Crippen molar-refractivity contribution in [1.29, 1.82) is 0 Å². The number of anilines is 1. The number of hydrogen-bond donors (Lipinski definition) is 1. The van der Waals surface area contributed by atoms with E-state index < -0.39 is 35.4 Å². The number of fused-ring (bicyclic) bond motifs is 9. The number of rotatable bonds is 2. The summed E-state index contributed by atoms with van der Waals surface area (Å²) in [5.74, 6) is -2.91. The summed E-state index contributed by atoms with van der Waals surface area (Å²) in [7, 11) is 0. The molecule has 2 aliphatic carbocycles. The second-order valence-electron chi connectivity index (χ2n) is 10.2. The van der Waals surface area contributed by atoms with E-state index in [1.807, 2.05) is 6.07 Å². The highest BCUT2D eigenvalue weighted by Gasteiger charge is 2.69. The molecule has 2 aliphatic heterocycles. The molecule has 1 aromatic heterocycles. The fraction of sp³-hybridized carbons (Fsp3) is 0.346. The van der Waals surface area contributed by atoms with Crippen LogP contribution >= 0.6 is 46.3 Å². The lowest BCUT2D eigenvalue weighted by Gasteiger charge is -2.43. The number of benzene rings is 2. The van der Waals surface area contributed by atoms with Crippen molar-refractivity contribution in [2.75, 3.05) is 4.90 Å². The van der Waals surface area contributed by atoms with E-state index in [2.05, 4.69) is 4.98 Å². The van der Waals surface area contributed by atoms with Gasteiger partial charge in [0.1, 0.15) is 0 Å². The highest BCUT2D eigenvalue weighted by Crippen LogP contribution is 2.69. The number of aromatic amines is 1. The molecule has 6 unspecified atom stereocenters. The minimum Gasteiger partial charge on any atom is -0.307 e. The van der Waals surface area contributed by atoms with E-state index in [4.69, 9.17) is 23.2 Å². The maximum absolute atomic E-state index is 13.8. The van der Waals surface area contributed by atoms with Crippen molar-refractivity contribution < 1.29 is 22.8 Å². The third-order valence-corrected chi connectivity index (χ3v) is 11.9. The summed E-state index contributed by atoms with van der Waals surface area (Å²) in [5, 5.41) is 1.43. The molecule has 0 spiro atoms. The molecule has 3 aromatic rings. The molecule has 38 heavy (non-hydrogen) atoms. The number of nitrogens with one attached hydrogen (secondary N) is 1. The van der Waals surface area contributed by atoms with Gasteiger partial charge in [0.05, 0.1) is 38.2 Å². The Balaban J connectivity index is 1.32. The van der Waals surface area contributed by atoms with Crippen molar-refractivity contribution >= 4 is 63.8 Å². The van der Waals surface area contributed by atoms with E-state index in [9.17, 15) is 27.6 Å². The number of aromatic nitrogens is 1. The maximum atomic E-state index is 13.8. The van der Waals surface area contributed by atoms with Gasteiger partial charge in [-0.25, -0.2) is 0 Å². The molecule has 2 bridgehead atoms. The van der Waals surface area contributed by atoms with Crippen LogP contribution in [0.25, 0.3) is 0 Å². The van der Waals surface area contributed by atoms with Crippen LogP contribution in [0.2, 0.25) is 10.0 Å². The van der Waals surface area contributed by atoms with E-state index in [1.54, 1.807) is 12.1 Å². The Morgan fingerprint density at radius 2 is 1.68 bits per heavy atom. The first-order valence-electron chi connectivity index (χ1n) is 11.9. The average molecular weight is 597 g/mol. The van der Waals surface area contributed by atoms with Crippen LogP contribution in [0.5, 0.6) is 0 Å². The number of amides is 2. The molecule has 3 fully saturated rings. The molecule has 1 saturated heterocycles. The normalized spacial score (nSPS) is 31.5. The number of imide groups is 1. The zero-order valence-electron chi connectivity index (χ0n) is 19.2. The van der Waals surface area contributed by atoms with Gasteiger partial charge in [0.25, 0.3) is 0 Å². The molecule has 2 amide bonds. The predicted molar refractivity (Wildman–Crippen MR) is 139 cm³/mol. The van der Waals surface area contributed by atoms with Crippen molar-refractivity contribution in [3.05, 3.63) is 78.2 Å². The van der Waals surface area contributed by atoms with Gasteiger partial charge in [-0.2, -0.15) is 13.2 Å². The molecule has 12 heteroatoms. The van der Waals surface area contributed by atoms with Crippen LogP contribution in [0, 0.1) is 29.6 Å². The molecule has 2 saturated carbocycles. The highest BCUT2D eigenvalue weighted by atomic mass is 35.5. The summed E-state index contributed by atoms with van der Waals surface area (Å²) < 4.78 is 40.1. The summed E-state index contributed by atoms with van der Waals surface area (Å²) in [6, 6.07) is 9.71. The first kappa shape index (κ1) is 24.7. The molecule has 0 radical (unpaired) electrons. The largest absolute Gasteiger partial charge is 0.416 e. The van der Waals surface area contributed by atoms with Crippen LogP contribution in [0.15, 0.2) is 52.3 Å². The summed E-state index contributed by atoms with van der Waals surface area (Å²) in [6.07, 6.45) is -3.94. The lowest BCUT2D eigenvalue weighted by atomic mass is 9.68. The van der Waals surface area contributed by atoms with Crippen LogP contribution in [0.3, 0.4) is 0 Å². The third-order valence-electron chi connectivity index (χ3n) is 8.47. The smallest absolute Gasteiger partial charge is 0.307 e. The number of carbonyl (C=O) groups excluding carboxylic acids is 2. The molecule has 2 aromatic carbocycles. The molecule has 196 valence electrons. The van der Waals surface area contributed by atoms with Crippen molar-refractivity contribution in [2.24, 2.45) is 29.6 Å². The predicted octanol–water partition coefficient (Wildman–Crippen LogP) is 6.44. The standard InChI is InChI=1S/C26H17Cl2F3N2O3S2/c27-14-6-2-5-11(19(14)28)15-16-12-8-13(20(16)37-22-21(15)38-25(36)32-22)18-17(12)23(34)33(24(18)35)10-4-1-3-9(7-10)26(29,30)31/h1-7,12-13,15-18,20H,8H2,(H,32,36)/t12?,13?,15-,16?,17?,18?,20?/m1/s1. The Labute approximate surface area is 232 Å². The van der Waals surface area contributed by atoms with Gasteiger partial charge >= 0.3 is 11.0 Å². The number of carbonyl (C=O) groups is 2. The van der Waals surface area contributed by atoms with Gasteiger partial charge < -0.3 is 4.98 Å². The number of H-pyrrole nitrogens is 1. The van der Waals surface area contributed by atoms with Crippen molar-refractivity contribution in [1.82, 2.24) is 4.98 Å². The van der Waals surface area contributed by atoms with Gasteiger partial charge in [-0.05, 0) is 54.0 Å². The number of alkyl halides is 3. The van der Waals surface area contributed by atoms with E-state index in [0.717, 1.165) is 43.8 Å². The average Bonchev–Trinajstić information content (AvgIpc) is 3.59. The monoisotopic (exact) mass is 596 g/mol. The van der Waals surface area contributed by atoms with Crippen LogP contribution in [0.1, 0.15) is 28.3 Å². The van der Waals surface area contributed by atoms with Gasteiger partial charge in [0.2, 0.25) is 11.8 Å². The second-order valence-corrected chi connectivity index (χ2v) is 13.2. The molecule has 4 aliphatic rings. The van der Waals surface area contributed by atoms with E-state index in [0.29, 0.717) is 16.5 Å². The first-order chi connectivity index (χ1) is 18.1. The highest BCUT2D eigenvalue weighted by molar-refractivity contribution is 8.00.